The summed E-state index contributed by atoms with van der Waals surface area (Å²) in [5.41, 5.74) is 10.6. The highest BCUT2D eigenvalue weighted by Crippen LogP contribution is 2.08. The molecule has 0 unspecified atom stereocenters. The predicted octanol–water partition coefficient (Wildman–Crippen LogP) is -1.55. The Labute approximate surface area is 104 Å². The summed E-state index contributed by atoms with van der Waals surface area (Å²) in [5, 5.41) is 11.1. The van der Waals surface area contributed by atoms with Crippen molar-refractivity contribution < 1.29 is 19.5 Å². The van der Waals surface area contributed by atoms with E-state index < -0.39 is 30.4 Å². The Balaban J connectivity index is 2.50. The number of hydrogen-bond donors (Lipinski definition) is 4. The average molecular weight is 258 g/mol. The second kappa shape index (κ2) is 6.20. The molecule has 1 fully saturated rings. The first-order chi connectivity index (χ1) is 8.40. The molecule has 6 N–H and O–H groups in total. The number of rotatable bonds is 4. The van der Waals surface area contributed by atoms with Crippen LogP contribution in [0, 0.1) is 0 Å². The quantitative estimate of drug-likeness (QED) is 0.483. The van der Waals surface area contributed by atoms with Gasteiger partial charge < -0.3 is 26.8 Å². The number of urea groups is 1. The van der Waals surface area contributed by atoms with Gasteiger partial charge in [0.25, 0.3) is 0 Å². The molecule has 0 aromatic heterocycles. The van der Waals surface area contributed by atoms with Crippen molar-refractivity contribution in [3.05, 3.63) is 0 Å². The van der Waals surface area contributed by atoms with Crippen molar-refractivity contribution in [3.63, 3.8) is 0 Å². The zero-order valence-corrected chi connectivity index (χ0v) is 9.96. The van der Waals surface area contributed by atoms with Crippen LogP contribution in [0.1, 0.15) is 19.3 Å². The Hall–Kier alpha value is -1.83. The van der Waals surface area contributed by atoms with Crippen LogP contribution in [0.3, 0.4) is 0 Å². The van der Waals surface area contributed by atoms with Gasteiger partial charge in [-0.2, -0.15) is 0 Å². The summed E-state index contributed by atoms with van der Waals surface area (Å²) in [5.74, 6) is -2.06. The summed E-state index contributed by atoms with van der Waals surface area (Å²) in [4.78, 5) is 34.8. The van der Waals surface area contributed by atoms with Gasteiger partial charge in [0.1, 0.15) is 6.04 Å². The summed E-state index contributed by atoms with van der Waals surface area (Å²) in [6.07, 6.45) is 0.941. The summed E-state index contributed by atoms with van der Waals surface area (Å²) < 4.78 is 0. The van der Waals surface area contributed by atoms with Crippen molar-refractivity contribution >= 4 is 17.9 Å². The van der Waals surface area contributed by atoms with Crippen molar-refractivity contribution in [2.24, 2.45) is 11.5 Å². The molecule has 18 heavy (non-hydrogen) atoms. The highest BCUT2D eigenvalue weighted by atomic mass is 16.4. The number of nitrogens with zero attached hydrogens (tertiary/aromatic N) is 1. The van der Waals surface area contributed by atoms with Gasteiger partial charge >= 0.3 is 12.0 Å². The van der Waals surface area contributed by atoms with Gasteiger partial charge in [-0.25, -0.2) is 9.59 Å². The van der Waals surface area contributed by atoms with Gasteiger partial charge in [-0.05, 0) is 12.8 Å². The highest BCUT2D eigenvalue weighted by molar-refractivity contribution is 5.87. The van der Waals surface area contributed by atoms with Crippen LogP contribution in [0.2, 0.25) is 0 Å². The maximum absolute atomic E-state index is 11.8. The van der Waals surface area contributed by atoms with E-state index in [0.717, 1.165) is 0 Å². The Morgan fingerprint density at radius 2 is 1.89 bits per heavy atom. The molecule has 1 heterocycles. The molecule has 0 aliphatic carbocycles. The third-order valence-electron chi connectivity index (χ3n) is 2.83. The number of amides is 3. The smallest absolute Gasteiger partial charge is 0.326 e. The number of carbonyl (C=O) groups excluding carboxylic acids is 2. The maximum atomic E-state index is 11.8. The van der Waals surface area contributed by atoms with Crippen molar-refractivity contribution in [3.8, 4) is 0 Å². The number of carboxylic acids is 1. The molecule has 1 rings (SSSR count). The lowest BCUT2D eigenvalue weighted by Gasteiger charge is -2.31. The zero-order valence-electron chi connectivity index (χ0n) is 9.96. The predicted molar refractivity (Wildman–Crippen MR) is 62.5 cm³/mol. The minimum Gasteiger partial charge on any atom is -0.480 e. The monoisotopic (exact) mass is 258 g/mol. The van der Waals surface area contributed by atoms with Crippen LogP contribution in [-0.4, -0.2) is 53.1 Å². The Kier molecular flexibility index (Phi) is 4.90. The van der Waals surface area contributed by atoms with E-state index in [1.165, 1.54) is 4.90 Å². The van der Waals surface area contributed by atoms with E-state index in [9.17, 15) is 14.4 Å². The highest BCUT2D eigenvalue weighted by Gasteiger charge is 2.26. The van der Waals surface area contributed by atoms with Crippen LogP contribution in [0.25, 0.3) is 0 Å². The Morgan fingerprint density at radius 1 is 1.33 bits per heavy atom. The van der Waals surface area contributed by atoms with Crippen LogP contribution in [0.5, 0.6) is 0 Å². The molecule has 1 saturated heterocycles. The molecular formula is C10H18N4O4. The molecule has 3 amide bonds. The molecule has 0 bridgehead atoms. The minimum atomic E-state index is -1.29. The largest absolute Gasteiger partial charge is 0.480 e. The molecule has 102 valence electrons. The molecule has 8 heteroatoms. The molecule has 0 saturated carbocycles. The van der Waals surface area contributed by atoms with Crippen LogP contribution in [-0.2, 0) is 9.59 Å². The number of carbonyl (C=O) groups is 3. The summed E-state index contributed by atoms with van der Waals surface area (Å²) in [6, 6.07) is -1.71. The number of primary amides is 1. The normalized spacial score (nSPS) is 18.2. The second-order valence-corrected chi connectivity index (χ2v) is 4.34. The maximum Gasteiger partial charge on any atom is 0.326 e. The van der Waals surface area contributed by atoms with Crippen molar-refractivity contribution in [1.29, 1.82) is 0 Å². The first-order valence-corrected chi connectivity index (χ1v) is 5.72. The van der Waals surface area contributed by atoms with Gasteiger partial charge in [0.15, 0.2) is 0 Å². The van der Waals surface area contributed by atoms with E-state index in [4.69, 9.17) is 16.6 Å². The lowest BCUT2D eigenvalue weighted by Crippen LogP contribution is -2.52. The van der Waals surface area contributed by atoms with Crippen molar-refractivity contribution in [2.75, 3.05) is 13.1 Å². The van der Waals surface area contributed by atoms with Crippen LogP contribution >= 0.6 is 0 Å². The van der Waals surface area contributed by atoms with Gasteiger partial charge in [-0.15, -0.1) is 0 Å². The lowest BCUT2D eigenvalue weighted by atomic mass is 10.1. The molecule has 0 spiro atoms. The molecule has 1 aliphatic rings. The standard InChI is InChI=1S/C10H18N4O4/c11-6-1-3-14(4-2-6)10(18)13-7(9(16)17)5-8(12)15/h6-7H,1-5,11H2,(H2,12,15)(H,13,18)(H,16,17)/t7-/m1/s1. The number of hydrogen-bond acceptors (Lipinski definition) is 4. The van der Waals surface area contributed by atoms with E-state index in [1.807, 2.05) is 0 Å². The van der Waals surface area contributed by atoms with E-state index >= 15 is 0 Å². The number of nitrogens with two attached hydrogens (primary N) is 2. The topological polar surface area (TPSA) is 139 Å². The van der Waals surface area contributed by atoms with E-state index in [2.05, 4.69) is 5.32 Å². The molecular weight excluding hydrogens is 240 g/mol. The van der Waals surface area contributed by atoms with Gasteiger partial charge in [-0.1, -0.05) is 0 Å². The number of likely N-dealkylation sites (tertiary alicyclic amines) is 1. The minimum absolute atomic E-state index is 0.0786. The van der Waals surface area contributed by atoms with Crippen LogP contribution in [0.4, 0.5) is 4.79 Å². The van der Waals surface area contributed by atoms with Gasteiger partial charge in [0.2, 0.25) is 5.91 Å². The van der Waals surface area contributed by atoms with Gasteiger partial charge in [0, 0.05) is 19.1 Å². The van der Waals surface area contributed by atoms with E-state index in [1.54, 1.807) is 0 Å². The van der Waals surface area contributed by atoms with Crippen molar-refractivity contribution in [1.82, 2.24) is 10.2 Å². The molecule has 1 atom stereocenters. The molecule has 0 aromatic carbocycles. The average Bonchev–Trinajstić information content (AvgIpc) is 2.28. The molecule has 8 nitrogen and oxygen atoms in total. The third kappa shape index (κ3) is 4.21. The van der Waals surface area contributed by atoms with E-state index in [-0.39, 0.29) is 6.04 Å². The van der Waals surface area contributed by atoms with Crippen LogP contribution < -0.4 is 16.8 Å². The molecule has 0 aromatic rings. The van der Waals surface area contributed by atoms with E-state index in [0.29, 0.717) is 25.9 Å². The molecule has 0 radical (unpaired) electrons. The number of carboxylic acid groups (broad SMARTS) is 1. The lowest BCUT2D eigenvalue weighted by molar-refractivity contribution is -0.141. The first-order valence-electron chi connectivity index (χ1n) is 5.72. The summed E-state index contributed by atoms with van der Waals surface area (Å²) in [6.45, 7) is 0.964. The fourth-order valence-corrected chi connectivity index (χ4v) is 1.74. The van der Waals surface area contributed by atoms with Gasteiger partial charge in [0.05, 0.1) is 6.42 Å². The Bertz CT molecular complexity index is 339. The number of piperidine rings is 1. The zero-order chi connectivity index (χ0) is 13.7. The fraction of sp³-hybridized carbons (Fsp3) is 0.700. The number of aliphatic carboxylic acids is 1. The molecule has 1 aliphatic heterocycles. The summed E-state index contributed by atoms with van der Waals surface area (Å²) >= 11 is 0. The SMILES string of the molecule is NC(=O)C[C@@H](NC(=O)N1CCC(N)CC1)C(=O)O. The van der Waals surface area contributed by atoms with Gasteiger partial charge in [-0.3, -0.25) is 4.79 Å². The fourth-order valence-electron chi connectivity index (χ4n) is 1.74. The van der Waals surface area contributed by atoms with Crippen LogP contribution in [0.15, 0.2) is 0 Å². The van der Waals surface area contributed by atoms with Crippen molar-refractivity contribution in [2.45, 2.75) is 31.3 Å². The second-order valence-electron chi connectivity index (χ2n) is 4.34. The Morgan fingerprint density at radius 3 is 2.33 bits per heavy atom. The number of nitrogens with one attached hydrogen (secondary N) is 1. The summed E-state index contributed by atoms with van der Waals surface area (Å²) in [7, 11) is 0. The first kappa shape index (κ1) is 14.2. The third-order valence-corrected chi connectivity index (χ3v) is 2.83.